The molecular formula is C12H17NO. The topological polar surface area (TPSA) is 43.1 Å². The van der Waals surface area contributed by atoms with Crippen molar-refractivity contribution in [3.8, 4) is 0 Å². The summed E-state index contributed by atoms with van der Waals surface area (Å²) in [5.41, 5.74) is 8.11. The SMILES string of the molecule is Cc1ccc(C(=O)CC(C)C)c(N)c1. The van der Waals surface area contributed by atoms with E-state index in [1.54, 1.807) is 0 Å². The maximum absolute atomic E-state index is 11.7. The highest BCUT2D eigenvalue weighted by atomic mass is 16.1. The first-order valence-corrected chi connectivity index (χ1v) is 4.90. The third-order valence-electron chi connectivity index (χ3n) is 2.10. The molecule has 0 heterocycles. The first-order chi connectivity index (χ1) is 6.50. The first kappa shape index (κ1) is 10.8. The molecule has 0 radical (unpaired) electrons. The highest BCUT2D eigenvalue weighted by Crippen LogP contribution is 2.17. The summed E-state index contributed by atoms with van der Waals surface area (Å²) in [6, 6.07) is 5.58. The molecule has 0 unspecified atom stereocenters. The molecule has 76 valence electrons. The quantitative estimate of drug-likeness (QED) is 0.589. The van der Waals surface area contributed by atoms with Gasteiger partial charge in [0.2, 0.25) is 0 Å². The van der Waals surface area contributed by atoms with Crippen molar-refractivity contribution in [1.82, 2.24) is 0 Å². The number of Topliss-reactive ketones (excluding diaryl/α,β-unsaturated/α-hetero) is 1. The molecule has 0 spiro atoms. The molecule has 1 rings (SSSR count). The summed E-state index contributed by atoms with van der Waals surface area (Å²) in [5, 5.41) is 0. The zero-order valence-electron chi connectivity index (χ0n) is 9.00. The van der Waals surface area contributed by atoms with Gasteiger partial charge in [0.15, 0.2) is 5.78 Å². The molecule has 0 aliphatic rings. The van der Waals surface area contributed by atoms with E-state index >= 15 is 0 Å². The summed E-state index contributed by atoms with van der Waals surface area (Å²) >= 11 is 0. The number of hydrogen-bond donors (Lipinski definition) is 1. The van der Waals surface area contributed by atoms with Gasteiger partial charge in [-0.05, 0) is 30.5 Å². The number of anilines is 1. The molecule has 0 saturated carbocycles. The van der Waals surface area contributed by atoms with E-state index in [0.29, 0.717) is 23.6 Å². The van der Waals surface area contributed by atoms with Crippen LogP contribution in [0.15, 0.2) is 18.2 Å². The summed E-state index contributed by atoms with van der Waals surface area (Å²) < 4.78 is 0. The van der Waals surface area contributed by atoms with Crippen molar-refractivity contribution >= 4 is 11.5 Å². The second-order valence-corrected chi connectivity index (χ2v) is 4.11. The summed E-state index contributed by atoms with van der Waals surface area (Å²) in [7, 11) is 0. The van der Waals surface area contributed by atoms with Crippen molar-refractivity contribution in [2.24, 2.45) is 5.92 Å². The monoisotopic (exact) mass is 191 g/mol. The zero-order chi connectivity index (χ0) is 10.7. The summed E-state index contributed by atoms with van der Waals surface area (Å²) in [4.78, 5) is 11.7. The van der Waals surface area contributed by atoms with Gasteiger partial charge in [-0.1, -0.05) is 19.9 Å². The molecule has 0 fully saturated rings. The molecule has 0 aliphatic carbocycles. The Bertz CT molecular complexity index is 342. The molecular weight excluding hydrogens is 174 g/mol. The van der Waals surface area contributed by atoms with E-state index in [2.05, 4.69) is 0 Å². The van der Waals surface area contributed by atoms with E-state index < -0.39 is 0 Å². The van der Waals surface area contributed by atoms with Crippen LogP contribution in [0.3, 0.4) is 0 Å². The molecule has 2 heteroatoms. The first-order valence-electron chi connectivity index (χ1n) is 4.90. The molecule has 14 heavy (non-hydrogen) atoms. The van der Waals surface area contributed by atoms with E-state index in [-0.39, 0.29) is 5.78 Å². The number of carbonyl (C=O) groups excluding carboxylic acids is 1. The fourth-order valence-electron chi connectivity index (χ4n) is 1.42. The minimum Gasteiger partial charge on any atom is -0.398 e. The van der Waals surface area contributed by atoms with E-state index in [4.69, 9.17) is 5.73 Å². The second kappa shape index (κ2) is 4.27. The maximum Gasteiger partial charge on any atom is 0.165 e. The molecule has 0 aliphatic heterocycles. The molecule has 1 aromatic rings. The Morgan fingerprint density at radius 1 is 1.43 bits per heavy atom. The molecule has 0 atom stereocenters. The maximum atomic E-state index is 11.7. The fourth-order valence-corrected chi connectivity index (χ4v) is 1.42. The Morgan fingerprint density at radius 3 is 2.57 bits per heavy atom. The van der Waals surface area contributed by atoms with Crippen molar-refractivity contribution in [3.05, 3.63) is 29.3 Å². The molecule has 2 nitrogen and oxygen atoms in total. The van der Waals surface area contributed by atoms with E-state index in [1.807, 2.05) is 39.0 Å². The molecule has 0 aromatic heterocycles. The Hall–Kier alpha value is -1.31. The second-order valence-electron chi connectivity index (χ2n) is 4.11. The lowest BCUT2D eigenvalue weighted by molar-refractivity contribution is 0.0969. The van der Waals surface area contributed by atoms with Gasteiger partial charge in [0.1, 0.15) is 0 Å². The third-order valence-corrected chi connectivity index (χ3v) is 2.10. The van der Waals surface area contributed by atoms with Crippen LogP contribution in [-0.4, -0.2) is 5.78 Å². The van der Waals surface area contributed by atoms with Gasteiger partial charge in [0, 0.05) is 17.7 Å². The van der Waals surface area contributed by atoms with Gasteiger partial charge in [-0.3, -0.25) is 4.79 Å². The number of nitrogen functional groups attached to an aromatic ring is 1. The number of carbonyl (C=O) groups is 1. The van der Waals surface area contributed by atoms with Crippen LogP contribution in [0, 0.1) is 12.8 Å². The van der Waals surface area contributed by atoms with Crippen molar-refractivity contribution in [2.45, 2.75) is 27.2 Å². The minimum absolute atomic E-state index is 0.137. The molecule has 0 saturated heterocycles. The van der Waals surface area contributed by atoms with Crippen LogP contribution in [-0.2, 0) is 0 Å². The molecule has 2 N–H and O–H groups in total. The lowest BCUT2D eigenvalue weighted by Crippen LogP contribution is -2.06. The van der Waals surface area contributed by atoms with Gasteiger partial charge >= 0.3 is 0 Å². The highest BCUT2D eigenvalue weighted by Gasteiger charge is 2.10. The molecule has 1 aromatic carbocycles. The van der Waals surface area contributed by atoms with Crippen LogP contribution in [0.5, 0.6) is 0 Å². The van der Waals surface area contributed by atoms with Gasteiger partial charge in [-0.15, -0.1) is 0 Å². The van der Waals surface area contributed by atoms with Crippen molar-refractivity contribution in [2.75, 3.05) is 5.73 Å². The summed E-state index contributed by atoms with van der Waals surface area (Å²) in [6.07, 6.45) is 0.563. The van der Waals surface area contributed by atoms with Crippen LogP contribution < -0.4 is 5.73 Å². The normalized spacial score (nSPS) is 10.6. The van der Waals surface area contributed by atoms with Crippen molar-refractivity contribution < 1.29 is 4.79 Å². The highest BCUT2D eigenvalue weighted by molar-refractivity contribution is 6.00. The number of nitrogens with two attached hydrogens (primary N) is 1. The Morgan fingerprint density at radius 2 is 2.07 bits per heavy atom. The van der Waals surface area contributed by atoms with Crippen LogP contribution in [0.2, 0.25) is 0 Å². The predicted octanol–water partition coefficient (Wildman–Crippen LogP) is 2.81. The molecule has 0 amide bonds. The van der Waals surface area contributed by atoms with Crippen LogP contribution in [0.4, 0.5) is 5.69 Å². The summed E-state index contributed by atoms with van der Waals surface area (Å²) in [6.45, 7) is 6.03. The smallest absolute Gasteiger partial charge is 0.165 e. The van der Waals surface area contributed by atoms with Gasteiger partial charge in [-0.25, -0.2) is 0 Å². The minimum atomic E-state index is 0.137. The average Bonchev–Trinajstić information content (AvgIpc) is 2.01. The van der Waals surface area contributed by atoms with E-state index in [9.17, 15) is 4.79 Å². The Kier molecular flexibility index (Phi) is 3.28. The Labute approximate surface area is 85.1 Å². The zero-order valence-corrected chi connectivity index (χ0v) is 9.00. The largest absolute Gasteiger partial charge is 0.398 e. The van der Waals surface area contributed by atoms with Crippen molar-refractivity contribution in [1.29, 1.82) is 0 Å². The summed E-state index contributed by atoms with van der Waals surface area (Å²) in [5.74, 6) is 0.515. The lowest BCUT2D eigenvalue weighted by Gasteiger charge is -2.07. The third kappa shape index (κ3) is 2.59. The Balaban J connectivity index is 2.90. The van der Waals surface area contributed by atoms with Gasteiger partial charge in [0.05, 0.1) is 0 Å². The lowest BCUT2D eigenvalue weighted by atomic mass is 9.99. The van der Waals surface area contributed by atoms with E-state index in [0.717, 1.165) is 5.56 Å². The number of rotatable bonds is 3. The van der Waals surface area contributed by atoms with Gasteiger partial charge in [0.25, 0.3) is 0 Å². The average molecular weight is 191 g/mol. The number of benzene rings is 1. The van der Waals surface area contributed by atoms with Crippen molar-refractivity contribution in [3.63, 3.8) is 0 Å². The van der Waals surface area contributed by atoms with Crippen LogP contribution in [0.1, 0.15) is 36.2 Å². The standard InChI is InChI=1S/C12H17NO/c1-8(2)6-12(14)10-5-4-9(3)7-11(10)13/h4-5,7-8H,6,13H2,1-3H3. The predicted molar refractivity (Wildman–Crippen MR) is 59.4 cm³/mol. The van der Waals surface area contributed by atoms with Gasteiger partial charge in [-0.2, -0.15) is 0 Å². The number of ketones is 1. The van der Waals surface area contributed by atoms with Gasteiger partial charge < -0.3 is 5.73 Å². The molecule has 0 bridgehead atoms. The van der Waals surface area contributed by atoms with E-state index in [1.165, 1.54) is 0 Å². The van der Waals surface area contributed by atoms with Crippen LogP contribution >= 0.6 is 0 Å². The number of aryl methyl sites for hydroxylation is 1. The number of hydrogen-bond acceptors (Lipinski definition) is 2. The van der Waals surface area contributed by atoms with Crippen LogP contribution in [0.25, 0.3) is 0 Å². The fraction of sp³-hybridized carbons (Fsp3) is 0.417.